The van der Waals surface area contributed by atoms with E-state index in [1.807, 2.05) is 0 Å². The second kappa shape index (κ2) is 5.13. The van der Waals surface area contributed by atoms with E-state index in [-0.39, 0.29) is 11.7 Å². The van der Waals surface area contributed by atoms with Crippen molar-refractivity contribution in [3.8, 4) is 11.6 Å². The Morgan fingerprint density at radius 1 is 1.17 bits per heavy atom. The highest BCUT2D eigenvalue weighted by Gasteiger charge is 2.07. The van der Waals surface area contributed by atoms with Crippen molar-refractivity contribution in [2.75, 3.05) is 12.8 Å². The molecule has 92 valence electrons. The highest BCUT2D eigenvalue weighted by molar-refractivity contribution is 5.89. The standard InChI is InChI=1S/C12H11N3O3/c1-17-12(16)8-2-4-9(5-3-8)18-11-10(13)14-6-7-15-11/h2-7H,1H3,(H2,13,14). The largest absolute Gasteiger partial charge is 0.465 e. The summed E-state index contributed by atoms with van der Waals surface area (Å²) < 4.78 is 10.0. The number of methoxy groups -OCH3 is 1. The van der Waals surface area contributed by atoms with Gasteiger partial charge in [0.25, 0.3) is 5.88 Å². The molecule has 1 aromatic carbocycles. The minimum absolute atomic E-state index is 0.203. The molecular formula is C12H11N3O3. The van der Waals surface area contributed by atoms with Crippen molar-refractivity contribution < 1.29 is 14.3 Å². The van der Waals surface area contributed by atoms with Crippen LogP contribution in [0.5, 0.6) is 11.6 Å². The Labute approximate surface area is 103 Å². The van der Waals surface area contributed by atoms with E-state index in [0.29, 0.717) is 11.3 Å². The number of rotatable bonds is 3. The number of nitrogen functional groups attached to an aromatic ring is 1. The Balaban J connectivity index is 2.16. The highest BCUT2D eigenvalue weighted by Crippen LogP contribution is 2.23. The first-order valence-corrected chi connectivity index (χ1v) is 5.13. The number of ether oxygens (including phenoxy) is 2. The van der Waals surface area contributed by atoms with Crippen molar-refractivity contribution in [2.24, 2.45) is 0 Å². The van der Waals surface area contributed by atoms with Crippen molar-refractivity contribution in [1.29, 1.82) is 0 Å². The van der Waals surface area contributed by atoms with Crippen LogP contribution in [0.4, 0.5) is 5.82 Å². The molecule has 0 atom stereocenters. The van der Waals surface area contributed by atoms with Crippen LogP contribution in [0, 0.1) is 0 Å². The third kappa shape index (κ3) is 2.54. The van der Waals surface area contributed by atoms with Crippen LogP contribution >= 0.6 is 0 Å². The summed E-state index contributed by atoms with van der Waals surface area (Å²) in [5.41, 5.74) is 6.04. The number of carbonyl (C=O) groups excluding carboxylic acids is 1. The number of benzene rings is 1. The first-order valence-electron chi connectivity index (χ1n) is 5.13. The van der Waals surface area contributed by atoms with Gasteiger partial charge in [-0.25, -0.2) is 14.8 Å². The molecule has 6 nitrogen and oxygen atoms in total. The SMILES string of the molecule is COC(=O)c1ccc(Oc2nccnc2N)cc1. The van der Waals surface area contributed by atoms with Gasteiger partial charge in [0.2, 0.25) is 0 Å². The van der Waals surface area contributed by atoms with Crippen LogP contribution in [-0.2, 0) is 4.74 Å². The molecule has 0 radical (unpaired) electrons. The summed E-state index contributed by atoms with van der Waals surface area (Å²) in [4.78, 5) is 19.0. The molecule has 0 saturated heterocycles. The molecule has 2 aromatic rings. The zero-order chi connectivity index (χ0) is 13.0. The number of nitrogens with two attached hydrogens (primary N) is 1. The summed E-state index contributed by atoms with van der Waals surface area (Å²) in [6.07, 6.45) is 2.96. The summed E-state index contributed by atoms with van der Waals surface area (Å²) in [5.74, 6) is 0.535. The lowest BCUT2D eigenvalue weighted by molar-refractivity contribution is 0.0600. The van der Waals surface area contributed by atoms with E-state index in [4.69, 9.17) is 10.5 Å². The van der Waals surface area contributed by atoms with Crippen LogP contribution in [0.3, 0.4) is 0 Å². The fourth-order valence-electron chi connectivity index (χ4n) is 1.30. The molecule has 2 rings (SSSR count). The van der Waals surface area contributed by atoms with Gasteiger partial charge < -0.3 is 15.2 Å². The second-order valence-corrected chi connectivity index (χ2v) is 3.36. The van der Waals surface area contributed by atoms with Crippen molar-refractivity contribution in [3.63, 3.8) is 0 Å². The van der Waals surface area contributed by atoms with Crippen LogP contribution in [0.15, 0.2) is 36.7 Å². The number of aromatic nitrogens is 2. The van der Waals surface area contributed by atoms with Gasteiger partial charge >= 0.3 is 5.97 Å². The maximum atomic E-state index is 11.2. The quantitative estimate of drug-likeness (QED) is 0.827. The van der Waals surface area contributed by atoms with Crippen LogP contribution in [-0.4, -0.2) is 23.0 Å². The molecule has 0 aliphatic heterocycles. The molecule has 0 fully saturated rings. The van der Waals surface area contributed by atoms with Crippen molar-refractivity contribution >= 4 is 11.8 Å². The van der Waals surface area contributed by atoms with Gasteiger partial charge in [-0.05, 0) is 24.3 Å². The lowest BCUT2D eigenvalue weighted by Crippen LogP contribution is -2.01. The van der Waals surface area contributed by atoms with Gasteiger partial charge in [0.15, 0.2) is 5.82 Å². The summed E-state index contributed by atoms with van der Waals surface area (Å²) in [6, 6.07) is 6.43. The topological polar surface area (TPSA) is 87.3 Å². The first-order chi connectivity index (χ1) is 8.70. The highest BCUT2D eigenvalue weighted by atomic mass is 16.5. The van der Waals surface area contributed by atoms with E-state index >= 15 is 0 Å². The van der Waals surface area contributed by atoms with Crippen molar-refractivity contribution in [1.82, 2.24) is 9.97 Å². The normalized spacial score (nSPS) is 9.83. The monoisotopic (exact) mass is 245 g/mol. The van der Waals surface area contributed by atoms with Crippen LogP contribution in [0.1, 0.15) is 10.4 Å². The van der Waals surface area contributed by atoms with E-state index in [9.17, 15) is 4.79 Å². The Bertz CT molecular complexity index is 555. The zero-order valence-electron chi connectivity index (χ0n) is 9.66. The van der Waals surface area contributed by atoms with Gasteiger partial charge in [0.1, 0.15) is 5.75 Å². The number of nitrogens with zero attached hydrogens (tertiary/aromatic N) is 2. The van der Waals surface area contributed by atoms with E-state index in [1.165, 1.54) is 19.5 Å². The Morgan fingerprint density at radius 3 is 2.44 bits per heavy atom. The maximum Gasteiger partial charge on any atom is 0.337 e. The fourth-order valence-corrected chi connectivity index (χ4v) is 1.30. The third-order valence-electron chi connectivity index (χ3n) is 2.18. The molecule has 0 amide bonds. The summed E-state index contributed by atoms with van der Waals surface area (Å²) in [6.45, 7) is 0. The van der Waals surface area contributed by atoms with Crippen molar-refractivity contribution in [2.45, 2.75) is 0 Å². The number of carbonyl (C=O) groups is 1. The van der Waals surface area contributed by atoms with Gasteiger partial charge in [-0.2, -0.15) is 0 Å². The summed E-state index contributed by atoms with van der Waals surface area (Å²) in [5, 5.41) is 0. The minimum atomic E-state index is -0.402. The van der Waals surface area contributed by atoms with Crippen LogP contribution < -0.4 is 10.5 Å². The molecule has 2 N–H and O–H groups in total. The van der Waals surface area contributed by atoms with Gasteiger partial charge in [0.05, 0.1) is 12.7 Å². The minimum Gasteiger partial charge on any atom is -0.465 e. The summed E-state index contributed by atoms with van der Waals surface area (Å²) >= 11 is 0. The molecule has 0 aliphatic carbocycles. The fraction of sp³-hybridized carbons (Fsp3) is 0.0833. The predicted octanol–water partition coefficient (Wildman–Crippen LogP) is 1.64. The van der Waals surface area contributed by atoms with E-state index in [2.05, 4.69) is 14.7 Å². The van der Waals surface area contributed by atoms with E-state index < -0.39 is 5.97 Å². The predicted molar refractivity (Wildman–Crippen MR) is 64.3 cm³/mol. The van der Waals surface area contributed by atoms with Crippen molar-refractivity contribution in [3.05, 3.63) is 42.2 Å². The number of anilines is 1. The number of hydrogen-bond donors (Lipinski definition) is 1. The van der Waals surface area contributed by atoms with Crippen LogP contribution in [0.2, 0.25) is 0 Å². The molecule has 0 unspecified atom stereocenters. The lowest BCUT2D eigenvalue weighted by atomic mass is 10.2. The molecule has 1 aromatic heterocycles. The molecule has 0 bridgehead atoms. The molecule has 1 heterocycles. The van der Waals surface area contributed by atoms with Gasteiger partial charge in [-0.3, -0.25) is 0 Å². The zero-order valence-corrected chi connectivity index (χ0v) is 9.66. The molecule has 6 heteroatoms. The average molecular weight is 245 g/mol. The molecular weight excluding hydrogens is 234 g/mol. The van der Waals surface area contributed by atoms with Gasteiger partial charge in [-0.15, -0.1) is 0 Å². The van der Waals surface area contributed by atoms with E-state index in [1.54, 1.807) is 24.3 Å². The first kappa shape index (κ1) is 11.8. The van der Waals surface area contributed by atoms with Crippen LogP contribution in [0.25, 0.3) is 0 Å². The summed E-state index contributed by atoms with van der Waals surface area (Å²) in [7, 11) is 1.33. The van der Waals surface area contributed by atoms with Gasteiger partial charge in [-0.1, -0.05) is 0 Å². The Morgan fingerprint density at radius 2 is 1.83 bits per heavy atom. The Kier molecular flexibility index (Phi) is 3.38. The lowest BCUT2D eigenvalue weighted by Gasteiger charge is -2.06. The van der Waals surface area contributed by atoms with E-state index in [0.717, 1.165) is 0 Å². The molecule has 0 spiro atoms. The third-order valence-corrected chi connectivity index (χ3v) is 2.18. The number of hydrogen-bond acceptors (Lipinski definition) is 6. The average Bonchev–Trinajstić information content (AvgIpc) is 2.41. The Hall–Kier alpha value is -2.63. The molecule has 0 saturated carbocycles. The smallest absolute Gasteiger partial charge is 0.337 e. The second-order valence-electron chi connectivity index (χ2n) is 3.36. The molecule has 18 heavy (non-hydrogen) atoms. The molecule has 0 aliphatic rings. The van der Waals surface area contributed by atoms with Gasteiger partial charge in [0, 0.05) is 12.4 Å². The number of esters is 1. The maximum absolute atomic E-state index is 11.2.